The molecule has 2 aromatic rings. The molecule has 2 amide bonds. The maximum absolute atomic E-state index is 12.6. The Morgan fingerprint density at radius 2 is 1.50 bits per heavy atom. The molecule has 0 radical (unpaired) electrons. The minimum Gasteiger partial charge on any atom is -0.296 e. The first kappa shape index (κ1) is 16.4. The zero-order valence-electron chi connectivity index (χ0n) is 13.9. The molecule has 1 unspecified atom stereocenters. The highest BCUT2D eigenvalue weighted by Crippen LogP contribution is 2.25. The second-order valence-electron chi connectivity index (χ2n) is 6.02. The van der Waals surface area contributed by atoms with E-state index in [0.717, 1.165) is 25.8 Å². The van der Waals surface area contributed by atoms with Crippen molar-refractivity contribution in [2.45, 2.75) is 32.4 Å². The maximum atomic E-state index is 12.6. The summed E-state index contributed by atoms with van der Waals surface area (Å²) in [5.74, 6) is -0.387. The van der Waals surface area contributed by atoms with Gasteiger partial charge in [0, 0.05) is 6.54 Å². The molecule has 3 rings (SSSR count). The molecule has 0 fully saturated rings. The minimum atomic E-state index is -0.258. The summed E-state index contributed by atoms with van der Waals surface area (Å²) in [5.41, 5.74) is 2.25. The summed E-state index contributed by atoms with van der Waals surface area (Å²) in [6.45, 7) is 2.78. The fourth-order valence-electron chi connectivity index (χ4n) is 3.11. The highest BCUT2D eigenvalue weighted by Gasteiger charge is 2.39. The van der Waals surface area contributed by atoms with Crippen LogP contribution in [0.1, 0.15) is 46.0 Å². The predicted molar refractivity (Wildman–Crippen MR) is 93.8 cm³/mol. The van der Waals surface area contributed by atoms with Crippen LogP contribution in [0.2, 0.25) is 0 Å². The minimum absolute atomic E-state index is 0.193. The van der Waals surface area contributed by atoms with Crippen molar-refractivity contribution in [3.63, 3.8) is 0 Å². The quantitative estimate of drug-likeness (QED) is 0.796. The Hall–Kier alpha value is -2.46. The van der Waals surface area contributed by atoms with Crippen molar-refractivity contribution in [2.24, 2.45) is 0 Å². The summed E-state index contributed by atoms with van der Waals surface area (Å²) in [5, 5.41) is 3.39. The van der Waals surface area contributed by atoms with Crippen molar-refractivity contribution in [3.05, 3.63) is 71.3 Å². The Labute approximate surface area is 142 Å². The lowest BCUT2D eigenvalue weighted by Gasteiger charge is -2.27. The van der Waals surface area contributed by atoms with Gasteiger partial charge in [0.05, 0.1) is 17.3 Å². The summed E-state index contributed by atoms with van der Waals surface area (Å²) in [6, 6.07) is 17.2. The van der Waals surface area contributed by atoms with Gasteiger partial charge in [-0.3, -0.25) is 19.8 Å². The van der Waals surface area contributed by atoms with Gasteiger partial charge in [0.25, 0.3) is 11.8 Å². The smallest absolute Gasteiger partial charge is 0.262 e. The SMILES string of the molecule is CCCC(NCCc1ccccc1)N1C(=O)c2ccccc2C1=O. The average Bonchev–Trinajstić information content (AvgIpc) is 2.87. The standard InChI is InChI=1S/C20H22N2O2/c1-2-8-18(21-14-13-15-9-4-3-5-10-15)22-19(23)16-11-6-7-12-17(16)20(22)24/h3-7,9-12,18,21H,2,8,13-14H2,1H3. The number of benzene rings is 2. The van der Waals surface area contributed by atoms with Gasteiger partial charge >= 0.3 is 0 Å². The molecule has 0 saturated heterocycles. The molecule has 0 saturated carbocycles. The molecule has 0 aliphatic carbocycles. The van der Waals surface area contributed by atoms with Gasteiger partial charge in [-0.25, -0.2) is 0 Å². The molecule has 0 aromatic heterocycles. The second-order valence-corrected chi connectivity index (χ2v) is 6.02. The number of amides is 2. The van der Waals surface area contributed by atoms with Gasteiger partial charge in [-0.05, 0) is 30.5 Å². The van der Waals surface area contributed by atoms with E-state index in [1.54, 1.807) is 24.3 Å². The van der Waals surface area contributed by atoms with Crippen molar-refractivity contribution in [2.75, 3.05) is 6.54 Å². The lowest BCUT2D eigenvalue weighted by atomic mass is 10.1. The van der Waals surface area contributed by atoms with E-state index < -0.39 is 0 Å². The molecule has 0 spiro atoms. The summed E-state index contributed by atoms with van der Waals surface area (Å²) in [6.07, 6.45) is 2.26. The number of nitrogens with one attached hydrogen (secondary N) is 1. The molecule has 4 nitrogen and oxygen atoms in total. The third kappa shape index (κ3) is 3.24. The predicted octanol–water partition coefficient (Wildman–Crippen LogP) is 3.24. The first-order valence-corrected chi connectivity index (χ1v) is 8.46. The number of fused-ring (bicyclic) bond motifs is 1. The topological polar surface area (TPSA) is 49.4 Å². The van der Waals surface area contributed by atoms with Crippen LogP contribution in [0.25, 0.3) is 0 Å². The molecule has 2 aromatic carbocycles. The lowest BCUT2D eigenvalue weighted by molar-refractivity contribution is 0.0543. The van der Waals surface area contributed by atoms with Crippen LogP contribution in [-0.4, -0.2) is 29.4 Å². The zero-order chi connectivity index (χ0) is 16.9. The molecule has 24 heavy (non-hydrogen) atoms. The van der Waals surface area contributed by atoms with E-state index in [9.17, 15) is 9.59 Å². The van der Waals surface area contributed by atoms with E-state index in [2.05, 4.69) is 24.4 Å². The Kier molecular flexibility index (Phi) is 5.06. The number of hydrogen-bond acceptors (Lipinski definition) is 3. The molecular formula is C20H22N2O2. The fourth-order valence-corrected chi connectivity index (χ4v) is 3.11. The second kappa shape index (κ2) is 7.41. The molecule has 1 atom stereocenters. The number of carbonyl (C=O) groups is 2. The van der Waals surface area contributed by atoms with E-state index >= 15 is 0 Å². The van der Waals surface area contributed by atoms with Crippen LogP contribution in [0.5, 0.6) is 0 Å². The summed E-state index contributed by atoms with van der Waals surface area (Å²) >= 11 is 0. The Morgan fingerprint density at radius 1 is 0.917 bits per heavy atom. The summed E-state index contributed by atoms with van der Waals surface area (Å²) in [4.78, 5) is 26.6. The number of nitrogens with zero attached hydrogens (tertiary/aromatic N) is 1. The highest BCUT2D eigenvalue weighted by atomic mass is 16.2. The highest BCUT2D eigenvalue weighted by molar-refractivity contribution is 6.21. The Bertz CT molecular complexity index is 692. The van der Waals surface area contributed by atoms with Crippen LogP contribution < -0.4 is 5.32 Å². The van der Waals surface area contributed by atoms with Gasteiger partial charge in [0.1, 0.15) is 0 Å². The maximum Gasteiger partial charge on any atom is 0.262 e. The Balaban J connectivity index is 1.70. The first-order chi connectivity index (χ1) is 11.7. The van der Waals surface area contributed by atoms with Gasteiger partial charge in [0.15, 0.2) is 0 Å². The molecule has 1 heterocycles. The van der Waals surface area contributed by atoms with Gasteiger partial charge in [-0.1, -0.05) is 55.8 Å². The van der Waals surface area contributed by atoms with E-state index in [4.69, 9.17) is 0 Å². The molecule has 4 heteroatoms. The molecule has 1 aliphatic heterocycles. The number of hydrogen-bond donors (Lipinski definition) is 1. The number of rotatable bonds is 7. The molecular weight excluding hydrogens is 300 g/mol. The lowest BCUT2D eigenvalue weighted by Crippen LogP contribution is -2.49. The molecule has 1 aliphatic rings. The van der Waals surface area contributed by atoms with Crippen LogP contribution in [0.4, 0.5) is 0 Å². The first-order valence-electron chi connectivity index (χ1n) is 8.46. The molecule has 124 valence electrons. The summed E-state index contributed by atoms with van der Waals surface area (Å²) in [7, 11) is 0. The van der Waals surface area contributed by atoms with Crippen molar-refractivity contribution < 1.29 is 9.59 Å². The number of imide groups is 1. The van der Waals surface area contributed by atoms with E-state index in [1.165, 1.54) is 10.5 Å². The van der Waals surface area contributed by atoms with Crippen molar-refractivity contribution in [3.8, 4) is 0 Å². The van der Waals surface area contributed by atoms with Gasteiger partial charge in [0.2, 0.25) is 0 Å². The third-order valence-corrected chi connectivity index (χ3v) is 4.34. The van der Waals surface area contributed by atoms with Crippen LogP contribution in [-0.2, 0) is 6.42 Å². The van der Waals surface area contributed by atoms with Gasteiger partial charge < -0.3 is 0 Å². The van der Waals surface area contributed by atoms with Crippen molar-refractivity contribution in [1.82, 2.24) is 10.2 Å². The summed E-state index contributed by atoms with van der Waals surface area (Å²) < 4.78 is 0. The van der Waals surface area contributed by atoms with Crippen molar-refractivity contribution >= 4 is 11.8 Å². The van der Waals surface area contributed by atoms with Gasteiger partial charge in [-0.15, -0.1) is 0 Å². The van der Waals surface area contributed by atoms with E-state index in [1.807, 2.05) is 18.2 Å². The van der Waals surface area contributed by atoms with E-state index in [0.29, 0.717) is 11.1 Å². The average molecular weight is 322 g/mol. The molecule has 0 bridgehead atoms. The molecule has 1 N–H and O–H groups in total. The van der Waals surface area contributed by atoms with Crippen molar-refractivity contribution in [1.29, 1.82) is 0 Å². The largest absolute Gasteiger partial charge is 0.296 e. The van der Waals surface area contributed by atoms with Crippen LogP contribution in [0.15, 0.2) is 54.6 Å². The van der Waals surface area contributed by atoms with E-state index in [-0.39, 0.29) is 18.0 Å². The van der Waals surface area contributed by atoms with Crippen LogP contribution in [0.3, 0.4) is 0 Å². The van der Waals surface area contributed by atoms with Crippen LogP contribution >= 0.6 is 0 Å². The fraction of sp³-hybridized carbons (Fsp3) is 0.300. The van der Waals surface area contributed by atoms with Gasteiger partial charge in [-0.2, -0.15) is 0 Å². The number of carbonyl (C=O) groups excluding carboxylic acids is 2. The Morgan fingerprint density at radius 3 is 2.08 bits per heavy atom. The monoisotopic (exact) mass is 322 g/mol. The zero-order valence-corrected chi connectivity index (χ0v) is 13.9. The normalized spacial score (nSPS) is 14.8. The third-order valence-electron chi connectivity index (χ3n) is 4.34. The van der Waals surface area contributed by atoms with Crippen LogP contribution in [0, 0.1) is 0 Å².